The summed E-state index contributed by atoms with van der Waals surface area (Å²) in [6.07, 6.45) is -0.458. The second kappa shape index (κ2) is 14.9. The van der Waals surface area contributed by atoms with Crippen LogP contribution in [0.5, 0.6) is 5.75 Å². The second-order valence-corrected chi connectivity index (χ2v) is 9.47. The third-order valence-electron chi connectivity index (χ3n) is 6.31. The van der Waals surface area contributed by atoms with Gasteiger partial charge in [-0.1, -0.05) is 103 Å². The quantitative estimate of drug-likeness (QED) is 0.220. The summed E-state index contributed by atoms with van der Waals surface area (Å²) in [4.78, 5) is 39.4. The first kappa shape index (κ1) is 28.9. The third kappa shape index (κ3) is 9.54. The van der Waals surface area contributed by atoms with Crippen LogP contribution in [0.1, 0.15) is 22.3 Å². The molecule has 4 aromatic carbocycles. The van der Waals surface area contributed by atoms with Crippen molar-refractivity contribution in [3.63, 3.8) is 0 Å². The first-order chi connectivity index (χ1) is 20.0. The molecule has 2 amide bonds. The van der Waals surface area contributed by atoms with Crippen LogP contribution < -0.4 is 10.6 Å². The SMILES string of the molecule is O=C(N[C@H](Cc1ccccc1)C(=O)N[C@H](Cc1ccc(O)cc1)C(=O)OCc1ccccc1)OCc1ccccc1. The first-order valence-electron chi connectivity index (χ1n) is 13.3. The zero-order valence-corrected chi connectivity index (χ0v) is 22.4. The van der Waals surface area contributed by atoms with Crippen molar-refractivity contribution >= 4 is 18.0 Å². The summed E-state index contributed by atoms with van der Waals surface area (Å²) < 4.78 is 10.9. The number of amides is 2. The van der Waals surface area contributed by atoms with Gasteiger partial charge in [-0.25, -0.2) is 9.59 Å². The lowest BCUT2D eigenvalue weighted by atomic mass is 10.0. The number of nitrogens with one attached hydrogen (secondary N) is 2. The predicted molar refractivity (Wildman–Crippen MR) is 154 cm³/mol. The zero-order chi connectivity index (χ0) is 28.9. The van der Waals surface area contributed by atoms with E-state index >= 15 is 0 Å². The molecule has 4 aromatic rings. The molecule has 0 aliphatic heterocycles. The molecule has 0 radical (unpaired) electrons. The van der Waals surface area contributed by atoms with Gasteiger partial charge in [-0.2, -0.15) is 0 Å². The summed E-state index contributed by atoms with van der Waals surface area (Å²) in [6, 6.07) is 31.9. The Balaban J connectivity index is 1.48. The molecule has 0 spiro atoms. The van der Waals surface area contributed by atoms with Crippen molar-refractivity contribution in [2.45, 2.75) is 38.1 Å². The fourth-order valence-corrected chi connectivity index (χ4v) is 4.13. The van der Waals surface area contributed by atoms with Crippen LogP contribution in [-0.2, 0) is 45.1 Å². The van der Waals surface area contributed by atoms with Gasteiger partial charge in [0.2, 0.25) is 5.91 Å². The molecular weight excluding hydrogens is 520 g/mol. The largest absolute Gasteiger partial charge is 0.508 e. The van der Waals surface area contributed by atoms with Gasteiger partial charge in [-0.15, -0.1) is 0 Å². The van der Waals surface area contributed by atoms with Gasteiger partial charge in [0.25, 0.3) is 0 Å². The van der Waals surface area contributed by atoms with Crippen molar-refractivity contribution in [2.75, 3.05) is 0 Å². The minimum Gasteiger partial charge on any atom is -0.508 e. The van der Waals surface area contributed by atoms with Gasteiger partial charge in [-0.3, -0.25) is 4.79 Å². The van der Waals surface area contributed by atoms with Gasteiger partial charge < -0.3 is 25.2 Å². The number of phenols is 1. The lowest BCUT2D eigenvalue weighted by Gasteiger charge is -2.23. The normalized spacial score (nSPS) is 12.0. The van der Waals surface area contributed by atoms with E-state index in [1.165, 1.54) is 12.1 Å². The van der Waals surface area contributed by atoms with E-state index in [-0.39, 0.29) is 31.8 Å². The molecule has 0 saturated carbocycles. The van der Waals surface area contributed by atoms with Gasteiger partial charge in [0.05, 0.1) is 0 Å². The number of phenolic OH excluding ortho intramolecular Hbond substituents is 1. The fraction of sp³-hybridized carbons (Fsp3) is 0.182. The van der Waals surface area contributed by atoms with Gasteiger partial charge in [-0.05, 0) is 34.4 Å². The number of aromatic hydroxyl groups is 1. The molecule has 0 aliphatic carbocycles. The van der Waals surface area contributed by atoms with Gasteiger partial charge in [0.1, 0.15) is 31.0 Å². The standard InChI is InChI=1S/C33H32N2O6/c36-28-18-16-25(17-19-28)21-30(32(38)40-22-26-12-6-2-7-13-26)34-31(37)29(20-24-10-4-1-5-11-24)35-33(39)41-23-27-14-8-3-9-15-27/h1-19,29-30,36H,20-23H2,(H,34,37)(H,35,39)/t29-,30-/m1/s1. The number of alkyl carbamates (subject to hydrolysis) is 1. The van der Waals surface area contributed by atoms with Crippen LogP contribution in [-0.4, -0.2) is 35.2 Å². The number of carbonyl (C=O) groups excluding carboxylic acids is 3. The van der Waals surface area contributed by atoms with E-state index in [1.54, 1.807) is 12.1 Å². The molecule has 2 atom stereocenters. The van der Waals surface area contributed by atoms with Crippen LogP contribution in [0, 0.1) is 0 Å². The molecule has 0 aliphatic rings. The predicted octanol–water partition coefficient (Wildman–Crippen LogP) is 4.70. The van der Waals surface area contributed by atoms with Crippen LogP contribution in [0.3, 0.4) is 0 Å². The molecule has 0 fully saturated rings. The Morgan fingerprint density at radius 3 is 1.59 bits per heavy atom. The molecule has 8 nitrogen and oxygen atoms in total. The Hall–Kier alpha value is -5.11. The minimum absolute atomic E-state index is 0.0408. The second-order valence-electron chi connectivity index (χ2n) is 9.47. The van der Waals surface area contributed by atoms with E-state index in [2.05, 4.69) is 10.6 Å². The van der Waals surface area contributed by atoms with Gasteiger partial charge in [0, 0.05) is 12.8 Å². The van der Waals surface area contributed by atoms with E-state index in [1.807, 2.05) is 91.0 Å². The molecule has 0 aromatic heterocycles. The number of benzene rings is 4. The highest BCUT2D eigenvalue weighted by molar-refractivity contribution is 5.90. The summed E-state index contributed by atoms with van der Waals surface area (Å²) in [5.41, 5.74) is 3.14. The molecule has 0 heterocycles. The maximum atomic E-state index is 13.6. The van der Waals surface area contributed by atoms with E-state index in [9.17, 15) is 19.5 Å². The molecule has 4 rings (SSSR count). The Labute approximate surface area is 238 Å². The molecule has 8 heteroatoms. The fourth-order valence-electron chi connectivity index (χ4n) is 4.13. The highest BCUT2D eigenvalue weighted by Gasteiger charge is 2.29. The molecule has 0 unspecified atom stereocenters. The average molecular weight is 553 g/mol. The summed E-state index contributed by atoms with van der Waals surface area (Å²) in [6.45, 7) is 0.0841. The third-order valence-corrected chi connectivity index (χ3v) is 6.31. The Morgan fingerprint density at radius 2 is 1.02 bits per heavy atom. The number of carbonyl (C=O) groups is 3. The Bertz CT molecular complexity index is 1400. The van der Waals surface area contributed by atoms with Crippen LogP contribution in [0.4, 0.5) is 4.79 Å². The average Bonchev–Trinajstić information content (AvgIpc) is 3.00. The van der Waals surface area contributed by atoms with Crippen molar-refractivity contribution < 1.29 is 29.0 Å². The highest BCUT2D eigenvalue weighted by atomic mass is 16.5. The number of esters is 1. The molecule has 0 saturated heterocycles. The molecular formula is C33H32N2O6. The Kier molecular flexibility index (Phi) is 10.5. The number of rotatable bonds is 12. The van der Waals surface area contributed by atoms with Crippen LogP contribution in [0.2, 0.25) is 0 Å². The molecule has 0 bridgehead atoms. The van der Waals surface area contributed by atoms with Crippen LogP contribution in [0.15, 0.2) is 115 Å². The van der Waals surface area contributed by atoms with Crippen LogP contribution >= 0.6 is 0 Å². The number of ether oxygens (including phenoxy) is 2. The lowest BCUT2D eigenvalue weighted by molar-refractivity contribution is -0.149. The maximum Gasteiger partial charge on any atom is 0.408 e. The van der Waals surface area contributed by atoms with E-state index in [0.717, 1.165) is 16.7 Å². The van der Waals surface area contributed by atoms with Crippen molar-refractivity contribution in [2.24, 2.45) is 0 Å². The van der Waals surface area contributed by atoms with E-state index in [0.29, 0.717) is 5.56 Å². The van der Waals surface area contributed by atoms with Crippen molar-refractivity contribution in [3.8, 4) is 5.75 Å². The number of hydrogen-bond donors (Lipinski definition) is 3. The first-order valence-corrected chi connectivity index (χ1v) is 13.3. The summed E-state index contributed by atoms with van der Waals surface area (Å²) in [5.74, 6) is -1.10. The summed E-state index contributed by atoms with van der Waals surface area (Å²) in [5, 5.41) is 15.1. The maximum absolute atomic E-state index is 13.6. The molecule has 3 N–H and O–H groups in total. The summed E-state index contributed by atoms with van der Waals surface area (Å²) in [7, 11) is 0. The number of hydrogen-bond acceptors (Lipinski definition) is 6. The summed E-state index contributed by atoms with van der Waals surface area (Å²) >= 11 is 0. The van der Waals surface area contributed by atoms with Crippen molar-refractivity contribution in [1.82, 2.24) is 10.6 Å². The Morgan fingerprint density at radius 1 is 0.561 bits per heavy atom. The van der Waals surface area contributed by atoms with E-state index in [4.69, 9.17) is 9.47 Å². The zero-order valence-electron chi connectivity index (χ0n) is 22.4. The van der Waals surface area contributed by atoms with E-state index < -0.39 is 30.1 Å². The van der Waals surface area contributed by atoms with Gasteiger partial charge in [0.15, 0.2) is 0 Å². The lowest BCUT2D eigenvalue weighted by Crippen LogP contribution is -2.53. The molecule has 210 valence electrons. The van der Waals surface area contributed by atoms with Crippen molar-refractivity contribution in [3.05, 3.63) is 138 Å². The van der Waals surface area contributed by atoms with Crippen molar-refractivity contribution in [1.29, 1.82) is 0 Å². The van der Waals surface area contributed by atoms with Crippen LogP contribution in [0.25, 0.3) is 0 Å². The van der Waals surface area contributed by atoms with Gasteiger partial charge >= 0.3 is 12.1 Å². The molecule has 41 heavy (non-hydrogen) atoms. The topological polar surface area (TPSA) is 114 Å². The minimum atomic E-state index is -1.05. The highest BCUT2D eigenvalue weighted by Crippen LogP contribution is 2.13. The monoisotopic (exact) mass is 552 g/mol. The smallest absolute Gasteiger partial charge is 0.408 e.